The summed E-state index contributed by atoms with van der Waals surface area (Å²) < 4.78 is 6.77. The van der Waals surface area contributed by atoms with Crippen molar-refractivity contribution in [3.8, 4) is 5.82 Å². The number of anilines is 1. The number of carbonyl (C=O) groups is 1. The van der Waals surface area contributed by atoms with Gasteiger partial charge < -0.3 is 15.8 Å². The van der Waals surface area contributed by atoms with Gasteiger partial charge in [0.2, 0.25) is 0 Å². The van der Waals surface area contributed by atoms with E-state index in [0.717, 1.165) is 0 Å². The SMILES string of the molecule is CCOCc1nc(NC)cc(-n2cc(C(N)=O)cn2)n1. The van der Waals surface area contributed by atoms with Crippen LogP contribution in [0.2, 0.25) is 0 Å². The first-order valence-corrected chi connectivity index (χ1v) is 6.12. The Labute approximate surface area is 116 Å². The Morgan fingerprint density at radius 3 is 2.90 bits per heavy atom. The minimum atomic E-state index is -0.534. The molecule has 0 aliphatic heterocycles. The monoisotopic (exact) mass is 276 g/mol. The zero-order chi connectivity index (χ0) is 14.5. The van der Waals surface area contributed by atoms with Gasteiger partial charge in [-0.15, -0.1) is 0 Å². The van der Waals surface area contributed by atoms with E-state index in [2.05, 4.69) is 20.4 Å². The summed E-state index contributed by atoms with van der Waals surface area (Å²) >= 11 is 0. The zero-order valence-corrected chi connectivity index (χ0v) is 11.3. The van der Waals surface area contributed by atoms with E-state index < -0.39 is 5.91 Å². The Hall–Kier alpha value is -2.48. The van der Waals surface area contributed by atoms with Gasteiger partial charge in [0.1, 0.15) is 12.4 Å². The second-order valence-corrected chi connectivity index (χ2v) is 3.95. The average molecular weight is 276 g/mol. The maximum Gasteiger partial charge on any atom is 0.251 e. The van der Waals surface area contributed by atoms with Crippen LogP contribution in [0.3, 0.4) is 0 Å². The molecular formula is C12H16N6O2. The van der Waals surface area contributed by atoms with E-state index in [9.17, 15) is 4.79 Å². The van der Waals surface area contributed by atoms with Gasteiger partial charge >= 0.3 is 0 Å². The van der Waals surface area contributed by atoms with E-state index in [0.29, 0.717) is 36.2 Å². The van der Waals surface area contributed by atoms with Crippen LogP contribution in [0.25, 0.3) is 5.82 Å². The highest BCUT2D eigenvalue weighted by Crippen LogP contribution is 2.11. The molecule has 2 aromatic heterocycles. The molecule has 0 spiro atoms. The Balaban J connectivity index is 2.35. The van der Waals surface area contributed by atoms with Crippen molar-refractivity contribution in [1.82, 2.24) is 19.7 Å². The topological polar surface area (TPSA) is 108 Å². The lowest BCUT2D eigenvalue weighted by atomic mass is 10.3. The minimum absolute atomic E-state index is 0.308. The maximum atomic E-state index is 11.1. The van der Waals surface area contributed by atoms with E-state index in [1.54, 1.807) is 13.1 Å². The molecule has 0 fully saturated rings. The number of ether oxygens (including phenoxy) is 1. The molecular weight excluding hydrogens is 260 g/mol. The fourth-order valence-electron chi connectivity index (χ4n) is 1.56. The summed E-state index contributed by atoms with van der Waals surface area (Å²) in [7, 11) is 1.76. The van der Waals surface area contributed by atoms with Crippen molar-refractivity contribution in [3.05, 3.63) is 29.8 Å². The quantitative estimate of drug-likeness (QED) is 0.787. The Bertz CT molecular complexity index is 610. The summed E-state index contributed by atoms with van der Waals surface area (Å²) in [5, 5.41) is 7.01. The number of aromatic nitrogens is 4. The average Bonchev–Trinajstić information content (AvgIpc) is 2.94. The number of rotatable bonds is 6. The van der Waals surface area contributed by atoms with Crippen molar-refractivity contribution < 1.29 is 9.53 Å². The van der Waals surface area contributed by atoms with Crippen molar-refractivity contribution >= 4 is 11.7 Å². The van der Waals surface area contributed by atoms with Crippen molar-refractivity contribution in [3.63, 3.8) is 0 Å². The fraction of sp³-hybridized carbons (Fsp3) is 0.333. The zero-order valence-electron chi connectivity index (χ0n) is 11.3. The molecule has 0 aliphatic carbocycles. The standard InChI is InChI=1S/C12H16N6O2/c1-3-20-7-10-16-9(14-2)4-11(17-10)18-6-8(5-15-18)12(13)19/h4-6H,3,7H2,1-2H3,(H2,13,19)(H,14,16,17). The summed E-state index contributed by atoms with van der Waals surface area (Å²) in [4.78, 5) is 19.7. The van der Waals surface area contributed by atoms with Gasteiger partial charge in [0.05, 0.1) is 11.8 Å². The molecule has 0 saturated heterocycles. The van der Waals surface area contributed by atoms with E-state index in [-0.39, 0.29) is 0 Å². The van der Waals surface area contributed by atoms with Crippen molar-refractivity contribution in [2.45, 2.75) is 13.5 Å². The summed E-state index contributed by atoms with van der Waals surface area (Å²) in [6.45, 7) is 2.79. The molecule has 0 unspecified atom stereocenters. The molecule has 20 heavy (non-hydrogen) atoms. The normalized spacial score (nSPS) is 10.5. The summed E-state index contributed by atoms with van der Waals surface area (Å²) in [6.07, 6.45) is 2.92. The van der Waals surface area contributed by atoms with Gasteiger partial charge in [-0.05, 0) is 6.92 Å². The predicted molar refractivity (Wildman–Crippen MR) is 72.5 cm³/mol. The molecule has 8 nitrogen and oxygen atoms in total. The van der Waals surface area contributed by atoms with Crippen LogP contribution in [-0.2, 0) is 11.3 Å². The third-order valence-corrected chi connectivity index (χ3v) is 2.55. The van der Waals surface area contributed by atoms with Crippen LogP contribution < -0.4 is 11.1 Å². The van der Waals surface area contributed by atoms with E-state index in [1.807, 2.05) is 6.92 Å². The summed E-state index contributed by atoms with van der Waals surface area (Å²) in [6, 6.07) is 1.72. The van der Waals surface area contributed by atoms with Crippen LogP contribution in [-0.4, -0.2) is 39.3 Å². The predicted octanol–water partition coefficient (Wildman–Crippen LogP) is 0.339. The molecule has 0 aromatic carbocycles. The van der Waals surface area contributed by atoms with Gasteiger partial charge in [0.15, 0.2) is 11.6 Å². The molecule has 0 bridgehead atoms. The molecule has 0 aliphatic rings. The molecule has 8 heteroatoms. The van der Waals surface area contributed by atoms with Crippen molar-refractivity contribution in [1.29, 1.82) is 0 Å². The van der Waals surface area contributed by atoms with Crippen LogP contribution in [0, 0.1) is 0 Å². The van der Waals surface area contributed by atoms with Gasteiger partial charge in [0, 0.05) is 25.9 Å². The van der Waals surface area contributed by atoms with Crippen LogP contribution in [0.5, 0.6) is 0 Å². The third kappa shape index (κ3) is 3.09. The largest absolute Gasteiger partial charge is 0.374 e. The number of nitrogens with one attached hydrogen (secondary N) is 1. The molecule has 2 aromatic rings. The molecule has 2 heterocycles. The molecule has 1 amide bonds. The molecule has 2 rings (SSSR count). The number of nitrogens with zero attached hydrogens (tertiary/aromatic N) is 4. The number of amides is 1. The first-order chi connectivity index (χ1) is 9.63. The summed E-state index contributed by atoms with van der Waals surface area (Å²) in [5.74, 6) is 1.17. The second kappa shape index (κ2) is 6.11. The Morgan fingerprint density at radius 1 is 1.50 bits per heavy atom. The number of hydrogen-bond acceptors (Lipinski definition) is 6. The fourth-order valence-corrected chi connectivity index (χ4v) is 1.56. The van der Waals surface area contributed by atoms with E-state index in [4.69, 9.17) is 10.5 Å². The van der Waals surface area contributed by atoms with Crippen LogP contribution in [0.15, 0.2) is 18.5 Å². The first kappa shape index (κ1) is 13.9. The van der Waals surface area contributed by atoms with Gasteiger partial charge in [-0.1, -0.05) is 0 Å². The lowest BCUT2D eigenvalue weighted by Gasteiger charge is -2.07. The highest BCUT2D eigenvalue weighted by atomic mass is 16.5. The molecule has 106 valence electrons. The lowest BCUT2D eigenvalue weighted by Crippen LogP contribution is -2.10. The smallest absolute Gasteiger partial charge is 0.251 e. The van der Waals surface area contributed by atoms with E-state index >= 15 is 0 Å². The van der Waals surface area contributed by atoms with Crippen LogP contribution in [0.4, 0.5) is 5.82 Å². The Kier molecular flexibility index (Phi) is 4.26. The third-order valence-electron chi connectivity index (χ3n) is 2.55. The molecule has 0 atom stereocenters. The Morgan fingerprint density at radius 2 is 2.30 bits per heavy atom. The van der Waals surface area contributed by atoms with Crippen LogP contribution >= 0.6 is 0 Å². The van der Waals surface area contributed by atoms with Crippen molar-refractivity contribution in [2.24, 2.45) is 5.73 Å². The number of hydrogen-bond donors (Lipinski definition) is 2. The molecule has 0 saturated carbocycles. The van der Waals surface area contributed by atoms with Gasteiger partial charge in [0.25, 0.3) is 5.91 Å². The van der Waals surface area contributed by atoms with Gasteiger partial charge in [-0.25, -0.2) is 14.6 Å². The number of nitrogens with two attached hydrogens (primary N) is 1. The van der Waals surface area contributed by atoms with E-state index in [1.165, 1.54) is 17.1 Å². The summed E-state index contributed by atoms with van der Waals surface area (Å²) in [5.41, 5.74) is 5.52. The molecule has 0 radical (unpaired) electrons. The minimum Gasteiger partial charge on any atom is -0.374 e. The van der Waals surface area contributed by atoms with Gasteiger partial charge in [-0.3, -0.25) is 4.79 Å². The van der Waals surface area contributed by atoms with Crippen LogP contribution in [0.1, 0.15) is 23.1 Å². The highest BCUT2D eigenvalue weighted by Gasteiger charge is 2.09. The lowest BCUT2D eigenvalue weighted by molar-refractivity contribution is 0.100. The number of primary amides is 1. The maximum absolute atomic E-state index is 11.1. The second-order valence-electron chi connectivity index (χ2n) is 3.95. The van der Waals surface area contributed by atoms with Crippen molar-refractivity contribution in [2.75, 3.05) is 19.0 Å². The number of carbonyl (C=O) groups excluding carboxylic acids is 1. The first-order valence-electron chi connectivity index (χ1n) is 6.12. The van der Waals surface area contributed by atoms with Gasteiger partial charge in [-0.2, -0.15) is 5.10 Å². The highest BCUT2D eigenvalue weighted by molar-refractivity contribution is 5.92. The molecule has 3 N–H and O–H groups in total.